The van der Waals surface area contributed by atoms with Gasteiger partial charge in [0.1, 0.15) is 11.2 Å². The van der Waals surface area contributed by atoms with Crippen molar-refractivity contribution in [1.82, 2.24) is 0 Å². The summed E-state index contributed by atoms with van der Waals surface area (Å²) in [7, 11) is 0. The van der Waals surface area contributed by atoms with E-state index < -0.39 is 0 Å². The summed E-state index contributed by atoms with van der Waals surface area (Å²) < 4.78 is 6.43. The van der Waals surface area contributed by atoms with Crippen LogP contribution in [0.15, 0.2) is 120 Å². The zero-order valence-electron chi connectivity index (χ0n) is 21.8. The molecule has 7 aromatic rings. The topological polar surface area (TPSA) is 13.1 Å². The second-order valence-electron chi connectivity index (χ2n) is 10.2. The fourth-order valence-corrected chi connectivity index (χ4v) is 7.35. The van der Waals surface area contributed by atoms with Crippen molar-refractivity contribution in [2.24, 2.45) is 0 Å². The predicted molar refractivity (Wildman–Crippen MR) is 168 cm³/mol. The Morgan fingerprint density at radius 3 is 2.45 bits per heavy atom. The average molecular weight is 529 g/mol. The molecule has 0 unspecified atom stereocenters. The van der Waals surface area contributed by atoms with Crippen LogP contribution in [0.3, 0.4) is 0 Å². The fraction of sp³-hybridized carbons (Fsp3) is 0.0526. The van der Waals surface area contributed by atoms with Crippen LogP contribution in [0.2, 0.25) is 0 Å². The van der Waals surface area contributed by atoms with Crippen LogP contribution in [0.25, 0.3) is 71.1 Å². The maximum Gasteiger partial charge on any atom is 0.143 e. The van der Waals surface area contributed by atoms with Crippen molar-refractivity contribution in [2.45, 2.75) is 12.8 Å². The molecule has 0 N–H and O–H groups in total. The molecule has 0 saturated carbocycles. The van der Waals surface area contributed by atoms with E-state index in [9.17, 15) is 0 Å². The number of hydrogen-bond acceptors (Lipinski definition) is 2. The van der Waals surface area contributed by atoms with E-state index in [-0.39, 0.29) is 0 Å². The number of allylic oxidation sites excluding steroid dienone is 1. The molecule has 40 heavy (non-hydrogen) atoms. The third kappa shape index (κ3) is 3.71. The van der Waals surface area contributed by atoms with Gasteiger partial charge in [-0.1, -0.05) is 109 Å². The molecule has 0 saturated heterocycles. The molecule has 0 aliphatic heterocycles. The van der Waals surface area contributed by atoms with Crippen molar-refractivity contribution >= 4 is 39.4 Å². The highest BCUT2D eigenvalue weighted by Gasteiger charge is 2.23. The molecule has 0 amide bonds. The van der Waals surface area contributed by atoms with Crippen LogP contribution < -0.4 is 0 Å². The van der Waals surface area contributed by atoms with Crippen LogP contribution in [0.5, 0.6) is 0 Å². The van der Waals surface area contributed by atoms with Gasteiger partial charge in [-0.3, -0.25) is 0 Å². The van der Waals surface area contributed by atoms with Crippen LogP contribution in [0.4, 0.5) is 0 Å². The Kier molecular flexibility index (Phi) is 5.43. The molecule has 0 atom stereocenters. The highest BCUT2D eigenvalue weighted by molar-refractivity contribution is 7.19. The minimum absolute atomic E-state index is 0.919. The van der Waals surface area contributed by atoms with Crippen molar-refractivity contribution < 1.29 is 4.42 Å². The first-order valence-electron chi connectivity index (χ1n) is 13.7. The number of hydrogen-bond donors (Lipinski definition) is 0. The number of para-hydroxylation sites is 2. The molecule has 8 rings (SSSR count). The molecular formula is C38H24OS. The molecule has 1 aliphatic rings. The van der Waals surface area contributed by atoms with Gasteiger partial charge in [-0.05, 0) is 64.9 Å². The summed E-state index contributed by atoms with van der Waals surface area (Å²) in [4.78, 5) is 2.67. The summed E-state index contributed by atoms with van der Waals surface area (Å²) in [6, 6.07) is 45.0. The molecule has 2 heterocycles. The average Bonchev–Trinajstić information content (AvgIpc) is 3.61. The molecular weight excluding hydrogens is 504 g/mol. The lowest BCUT2D eigenvalue weighted by atomic mass is 9.89. The van der Waals surface area contributed by atoms with Crippen molar-refractivity contribution in [3.63, 3.8) is 0 Å². The fourth-order valence-electron chi connectivity index (χ4n) is 5.97. The molecule has 1 aliphatic carbocycles. The zero-order chi connectivity index (χ0) is 26.5. The van der Waals surface area contributed by atoms with Gasteiger partial charge in [0.05, 0.1) is 0 Å². The number of rotatable bonds is 4. The Morgan fingerprint density at radius 2 is 1.55 bits per heavy atom. The van der Waals surface area contributed by atoms with Gasteiger partial charge < -0.3 is 4.42 Å². The Labute approximate surface area is 237 Å². The van der Waals surface area contributed by atoms with E-state index in [0.29, 0.717) is 0 Å². The van der Waals surface area contributed by atoms with Gasteiger partial charge in [0, 0.05) is 37.2 Å². The SMILES string of the molecule is c1cccc(-c2ccc(-c3cccc4c3oc3ccccc34)cc2-c2sc(-c3ccccc3)c3c2CCC=C3)c#1. The van der Waals surface area contributed by atoms with E-state index in [0.717, 1.165) is 51.5 Å². The maximum absolute atomic E-state index is 6.43. The van der Waals surface area contributed by atoms with E-state index in [1.165, 1.54) is 37.6 Å². The van der Waals surface area contributed by atoms with Gasteiger partial charge in [-0.2, -0.15) is 0 Å². The second-order valence-corrected chi connectivity index (χ2v) is 11.2. The van der Waals surface area contributed by atoms with Crippen molar-refractivity contribution in [3.8, 4) is 43.1 Å². The number of furan rings is 1. The molecule has 2 heteroatoms. The number of fused-ring (bicyclic) bond motifs is 4. The largest absolute Gasteiger partial charge is 0.455 e. The predicted octanol–water partition coefficient (Wildman–Crippen LogP) is 10.9. The van der Waals surface area contributed by atoms with Crippen molar-refractivity contribution in [2.75, 3.05) is 0 Å². The van der Waals surface area contributed by atoms with Gasteiger partial charge in [0.25, 0.3) is 0 Å². The normalized spacial score (nSPS) is 12.5. The Morgan fingerprint density at radius 1 is 0.675 bits per heavy atom. The maximum atomic E-state index is 6.43. The first-order valence-corrected chi connectivity index (χ1v) is 14.5. The first-order chi connectivity index (χ1) is 19.8. The molecule has 2 aromatic heterocycles. The van der Waals surface area contributed by atoms with E-state index in [2.05, 4.69) is 109 Å². The summed E-state index contributed by atoms with van der Waals surface area (Å²) in [5, 5.41) is 2.30. The van der Waals surface area contributed by atoms with Gasteiger partial charge in [0.2, 0.25) is 0 Å². The van der Waals surface area contributed by atoms with Crippen LogP contribution >= 0.6 is 11.3 Å². The third-order valence-electron chi connectivity index (χ3n) is 7.85. The summed E-state index contributed by atoms with van der Waals surface area (Å²) in [6.45, 7) is 0. The molecule has 1 nitrogen and oxygen atoms in total. The lowest BCUT2D eigenvalue weighted by Crippen LogP contribution is -1.94. The van der Waals surface area contributed by atoms with Gasteiger partial charge in [-0.15, -0.1) is 11.3 Å². The quantitative estimate of drug-likeness (QED) is 0.221. The second kappa shape index (κ2) is 9.42. The Balaban J connectivity index is 1.39. The molecule has 188 valence electrons. The Bertz CT molecular complexity index is 2040. The summed E-state index contributed by atoms with van der Waals surface area (Å²) in [6.07, 6.45) is 6.73. The van der Waals surface area contributed by atoms with E-state index in [4.69, 9.17) is 4.42 Å². The number of benzene rings is 4. The van der Waals surface area contributed by atoms with E-state index in [1.807, 2.05) is 35.6 Å². The van der Waals surface area contributed by atoms with Crippen LogP contribution in [-0.4, -0.2) is 0 Å². The highest BCUT2D eigenvalue weighted by Crippen LogP contribution is 2.48. The standard InChI is InChI=1S/C38H24OS/c1-3-12-25(13-4-1)28-23-22-27(29-19-11-20-31-30-16-9-10-21-35(30)39-36(29)31)24-34(28)38-33-18-8-7-17-32(33)37(40-38)26-14-5-2-6-15-26/h1-3,5-7,9-12,14-17,19-24H,8,18H2. The van der Waals surface area contributed by atoms with Gasteiger partial charge in [-0.25, -0.2) is 0 Å². The molecule has 0 radical (unpaired) electrons. The minimum atomic E-state index is 0.919. The van der Waals surface area contributed by atoms with Crippen LogP contribution in [0, 0.1) is 12.1 Å². The Hall–Kier alpha value is -4.84. The van der Waals surface area contributed by atoms with E-state index >= 15 is 0 Å². The number of thiophene rings is 1. The van der Waals surface area contributed by atoms with Crippen LogP contribution in [-0.2, 0) is 6.42 Å². The third-order valence-corrected chi connectivity index (χ3v) is 9.18. The van der Waals surface area contributed by atoms with Gasteiger partial charge >= 0.3 is 0 Å². The first kappa shape index (κ1) is 23.1. The lowest BCUT2D eigenvalue weighted by molar-refractivity contribution is 0.670. The van der Waals surface area contributed by atoms with Crippen molar-refractivity contribution in [3.05, 3.63) is 139 Å². The summed E-state index contributed by atoms with van der Waals surface area (Å²) in [5.41, 5.74) is 11.6. The van der Waals surface area contributed by atoms with Crippen molar-refractivity contribution in [1.29, 1.82) is 0 Å². The summed E-state index contributed by atoms with van der Waals surface area (Å²) in [5.74, 6) is 0. The lowest BCUT2D eigenvalue weighted by Gasteiger charge is -2.14. The molecule has 0 fully saturated rings. The monoisotopic (exact) mass is 528 g/mol. The molecule has 0 spiro atoms. The summed E-state index contributed by atoms with van der Waals surface area (Å²) >= 11 is 1.90. The molecule has 0 bridgehead atoms. The van der Waals surface area contributed by atoms with Gasteiger partial charge in [0.15, 0.2) is 0 Å². The smallest absolute Gasteiger partial charge is 0.143 e. The molecule has 5 aromatic carbocycles. The zero-order valence-corrected chi connectivity index (χ0v) is 22.6. The van der Waals surface area contributed by atoms with Crippen LogP contribution in [0.1, 0.15) is 17.5 Å². The van der Waals surface area contributed by atoms with E-state index in [1.54, 1.807) is 0 Å². The highest BCUT2D eigenvalue weighted by atomic mass is 32.1. The minimum Gasteiger partial charge on any atom is -0.455 e.